The Bertz CT molecular complexity index is 1040. The number of benzene rings is 2. The van der Waals surface area contributed by atoms with Crippen molar-refractivity contribution in [3.63, 3.8) is 0 Å². The van der Waals surface area contributed by atoms with E-state index in [1.807, 2.05) is 38.1 Å². The summed E-state index contributed by atoms with van der Waals surface area (Å²) in [6.45, 7) is 5.91. The average molecular weight is 494 g/mol. The summed E-state index contributed by atoms with van der Waals surface area (Å²) in [5.41, 5.74) is 1.05. The minimum absolute atomic E-state index is 0.0211. The fourth-order valence-corrected chi connectivity index (χ4v) is 5.48. The van der Waals surface area contributed by atoms with E-state index in [2.05, 4.69) is 14.9 Å². The first-order valence-corrected chi connectivity index (χ1v) is 13.0. The highest BCUT2D eigenvalue weighted by molar-refractivity contribution is 7.89. The third kappa shape index (κ3) is 6.69. The molecule has 0 bridgehead atoms. The third-order valence-electron chi connectivity index (χ3n) is 5.88. The van der Waals surface area contributed by atoms with E-state index in [1.165, 1.54) is 24.3 Å². The summed E-state index contributed by atoms with van der Waals surface area (Å²) in [7, 11) is -2.25. The molecule has 2 aromatic carbocycles. The first kappa shape index (κ1) is 25.5. The van der Waals surface area contributed by atoms with Crippen molar-refractivity contribution in [1.82, 2.24) is 14.9 Å². The molecule has 0 aliphatic carbocycles. The number of likely N-dealkylation sites (tertiary alicyclic amines) is 1. The topological polar surface area (TPSA) is 87.7 Å². The number of sulfonamides is 1. The number of nitrogens with one attached hydrogen (secondary N) is 2. The number of halogens is 1. The van der Waals surface area contributed by atoms with Crippen LogP contribution < -0.4 is 14.8 Å². The van der Waals surface area contributed by atoms with Gasteiger partial charge in [0.2, 0.25) is 15.9 Å². The molecular formula is C24H32ClN3O4S. The van der Waals surface area contributed by atoms with Crippen LogP contribution in [0.2, 0.25) is 5.02 Å². The van der Waals surface area contributed by atoms with E-state index in [-0.39, 0.29) is 22.8 Å². The normalized spacial score (nSPS) is 16.5. The van der Waals surface area contributed by atoms with E-state index in [0.29, 0.717) is 11.6 Å². The van der Waals surface area contributed by atoms with Crippen molar-refractivity contribution >= 4 is 27.5 Å². The largest absolute Gasteiger partial charge is 0.497 e. The number of methoxy groups -OCH3 is 1. The van der Waals surface area contributed by atoms with E-state index in [9.17, 15) is 13.2 Å². The summed E-state index contributed by atoms with van der Waals surface area (Å²) in [5, 5.41) is 3.43. The highest BCUT2D eigenvalue weighted by Crippen LogP contribution is 2.27. The first-order chi connectivity index (χ1) is 15.7. The SMILES string of the molecule is COc1cccc([C@H](CNC(=O)[C@@H](NS(=O)(=O)c2ccc(Cl)cc2)C(C)C)N2CCCC2)c1. The number of nitrogens with zero attached hydrogens (tertiary/aromatic N) is 1. The third-order valence-corrected chi connectivity index (χ3v) is 7.59. The lowest BCUT2D eigenvalue weighted by Gasteiger charge is -2.30. The molecule has 2 N–H and O–H groups in total. The van der Waals surface area contributed by atoms with Crippen LogP contribution in [0.5, 0.6) is 5.75 Å². The lowest BCUT2D eigenvalue weighted by atomic mass is 10.0. The van der Waals surface area contributed by atoms with Gasteiger partial charge in [-0.05, 0) is 73.8 Å². The molecule has 0 spiro atoms. The molecule has 1 aliphatic rings. The predicted octanol–water partition coefficient (Wildman–Crippen LogP) is 3.60. The highest BCUT2D eigenvalue weighted by atomic mass is 35.5. The molecule has 0 unspecified atom stereocenters. The van der Waals surface area contributed by atoms with Crippen molar-refractivity contribution in [3.05, 3.63) is 59.1 Å². The highest BCUT2D eigenvalue weighted by Gasteiger charge is 2.30. The quantitative estimate of drug-likeness (QED) is 0.528. The van der Waals surface area contributed by atoms with E-state index >= 15 is 0 Å². The van der Waals surface area contributed by atoms with Gasteiger partial charge in [-0.2, -0.15) is 4.72 Å². The number of ether oxygens (including phenoxy) is 1. The minimum Gasteiger partial charge on any atom is -0.497 e. The van der Waals surface area contributed by atoms with Crippen LogP contribution in [0.1, 0.15) is 38.3 Å². The van der Waals surface area contributed by atoms with Crippen LogP contribution in [0.25, 0.3) is 0 Å². The summed E-state index contributed by atoms with van der Waals surface area (Å²) < 4.78 is 33.6. The number of hydrogen-bond acceptors (Lipinski definition) is 5. The Balaban J connectivity index is 1.74. The van der Waals surface area contributed by atoms with E-state index in [0.717, 1.165) is 37.2 Å². The van der Waals surface area contributed by atoms with E-state index in [4.69, 9.17) is 16.3 Å². The Labute approximate surface area is 201 Å². The zero-order valence-corrected chi connectivity index (χ0v) is 20.8. The van der Waals surface area contributed by atoms with Crippen LogP contribution in [0.4, 0.5) is 0 Å². The zero-order chi connectivity index (χ0) is 24.0. The maximum atomic E-state index is 13.1. The fraction of sp³-hybridized carbons (Fsp3) is 0.458. The van der Waals surface area contributed by atoms with Crippen molar-refractivity contribution in [1.29, 1.82) is 0 Å². The number of carbonyl (C=O) groups is 1. The maximum Gasteiger partial charge on any atom is 0.241 e. The Morgan fingerprint density at radius 3 is 2.39 bits per heavy atom. The summed E-state index contributed by atoms with van der Waals surface area (Å²) >= 11 is 5.87. The van der Waals surface area contributed by atoms with Gasteiger partial charge >= 0.3 is 0 Å². The van der Waals surface area contributed by atoms with E-state index < -0.39 is 16.1 Å². The molecule has 0 aromatic heterocycles. The van der Waals surface area contributed by atoms with Crippen LogP contribution in [-0.4, -0.2) is 52.0 Å². The number of carbonyl (C=O) groups excluding carboxylic acids is 1. The Kier molecular flexibility index (Phi) is 8.75. The van der Waals surface area contributed by atoms with Gasteiger partial charge in [0.25, 0.3) is 0 Å². The second-order valence-corrected chi connectivity index (χ2v) is 10.7. The standard InChI is InChI=1S/C24H32ClN3O4S/c1-17(2)23(27-33(30,31)21-11-9-19(25)10-12-21)24(29)26-16-22(28-13-4-5-14-28)18-7-6-8-20(15-18)32-3/h6-12,15,17,22-23,27H,4-5,13-14,16H2,1-3H3,(H,26,29)/t22-,23-/m0/s1. The molecule has 0 radical (unpaired) electrons. The monoisotopic (exact) mass is 493 g/mol. The second kappa shape index (κ2) is 11.3. The van der Waals surface area contributed by atoms with Crippen LogP contribution in [-0.2, 0) is 14.8 Å². The zero-order valence-electron chi connectivity index (χ0n) is 19.3. The summed E-state index contributed by atoms with van der Waals surface area (Å²) in [6.07, 6.45) is 2.23. The lowest BCUT2D eigenvalue weighted by molar-refractivity contribution is -0.123. The van der Waals surface area contributed by atoms with Crippen LogP contribution >= 0.6 is 11.6 Å². The maximum absolute atomic E-state index is 13.1. The molecule has 33 heavy (non-hydrogen) atoms. The smallest absolute Gasteiger partial charge is 0.241 e. The van der Waals surface area contributed by atoms with Gasteiger partial charge < -0.3 is 10.1 Å². The minimum atomic E-state index is -3.88. The van der Waals surface area contributed by atoms with Gasteiger partial charge in [0, 0.05) is 11.6 Å². The van der Waals surface area contributed by atoms with Gasteiger partial charge in [0.1, 0.15) is 11.8 Å². The molecule has 1 amide bonds. The van der Waals surface area contributed by atoms with Crippen molar-refractivity contribution in [3.8, 4) is 5.75 Å². The molecule has 7 nitrogen and oxygen atoms in total. The summed E-state index contributed by atoms with van der Waals surface area (Å²) in [6, 6.07) is 12.8. The molecule has 2 atom stereocenters. The van der Waals surface area contributed by atoms with Gasteiger partial charge in [-0.1, -0.05) is 37.6 Å². The molecule has 2 aromatic rings. The average Bonchev–Trinajstić information content (AvgIpc) is 3.32. The predicted molar refractivity (Wildman–Crippen MR) is 130 cm³/mol. The molecule has 0 saturated carbocycles. The second-order valence-electron chi connectivity index (χ2n) is 8.58. The molecule has 1 saturated heterocycles. The van der Waals surface area contributed by atoms with Gasteiger partial charge in [0.15, 0.2) is 0 Å². The molecule has 9 heteroatoms. The lowest BCUT2D eigenvalue weighted by Crippen LogP contribution is -2.51. The van der Waals surface area contributed by atoms with Crippen LogP contribution in [0.3, 0.4) is 0 Å². The molecule has 1 aliphatic heterocycles. The molecule has 3 rings (SSSR count). The van der Waals surface area contributed by atoms with Gasteiger partial charge in [-0.25, -0.2) is 8.42 Å². The Hall–Kier alpha value is -2.13. The molecular weight excluding hydrogens is 462 g/mol. The van der Waals surface area contributed by atoms with Gasteiger partial charge in [0.05, 0.1) is 18.0 Å². The first-order valence-electron chi connectivity index (χ1n) is 11.1. The van der Waals surface area contributed by atoms with Crippen molar-refractivity contribution < 1.29 is 17.9 Å². The summed E-state index contributed by atoms with van der Waals surface area (Å²) in [4.78, 5) is 15.5. The molecule has 1 fully saturated rings. The summed E-state index contributed by atoms with van der Waals surface area (Å²) in [5.74, 6) is 0.169. The van der Waals surface area contributed by atoms with Crippen molar-refractivity contribution in [2.24, 2.45) is 5.92 Å². The number of rotatable bonds is 10. The van der Waals surface area contributed by atoms with Gasteiger partial charge in [-0.15, -0.1) is 0 Å². The number of amides is 1. The number of hydrogen-bond donors (Lipinski definition) is 2. The van der Waals surface area contributed by atoms with Gasteiger partial charge in [-0.3, -0.25) is 9.69 Å². The Morgan fingerprint density at radius 1 is 1.12 bits per heavy atom. The molecule has 1 heterocycles. The van der Waals surface area contributed by atoms with Crippen molar-refractivity contribution in [2.45, 2.75) is 43.7 Å². The Morgan fingerprint density at radius 2 is 1.79 bits per heavy atom. The fourth-order valence-electron chi connectivity index (χ4n) is 4.01. The van der Waals surface area contributed by atoms with Crippen LogP contribution in [0, 0.1) is 5.92 Å². The van der Waals surface area contributed by atoms with E-state index in [1.54, 1.807) is 7.11 Å². The molecule has 180 valence electrons. The van der Waals surface area contributed by atoms with Crippen molar-refractivity contribution in [2.75, 3.05) is 26.7 Å². The van der Waals surface area contributed by atoms with Crippen LogP contribution in [0.15, 0.2) is 53.4 Å².